The van der Waals surface area contributed by atoms with Gasteiger partial charge in [-0.3, -0.25) is 9.59 Å². The van der Waals surface area contributed by atoms with Crippen molar-refractivity contribution >= 4 is 22.7 Å². The lowest BCUT2D eigenvalue weighted by Gasteiger charge is -2.37. The number of fused-ring (bicyclic) bond motifs is 1. The van der Waals surface area contributed by atoms with Gasteiger partial charge in [-0.05, 0) is 37.1 Å². The van der Waals surface area contributed by atoms with Gasteiger partial charge >= 0.3 is 0 Å². The van der Waals surface area contributed by atoms with Crippen LogP contribution in [0.1, 0.15) is 23.2 Å². The topological polar surface area (TPSA) is 84.9 Å². The fourth-order valence-corrected chi connectivity index (χ4v) is 4.64. The summed E-state index contributed by atoms with van der Waals surface area (Å²) in [6.07, 6.45) is 2.64. The number of amides is 2. The number of carbonyl (C=O) groups excluding carboxylic acids is 2. The second kappa shape index (κ2) is 10.2. The number of nitrogens with zero attached hydrogens (tertiary/aromatic N) is 4. The molecule has 1 atom stereocenters. The number of likely N-dealkylation sites (tertiary alicyclic amines) is 1. The minimum atomic E-state index is -0.217. The minimum absolute atomic E-state index is 0.0346. The number of para-hydroxylation sites is 1. The van der Waals surface area contributed by atoms with E-state index in [1.807, 2.05) is 64.4 Å². The normalized spacial score (nSPS) is 19.2. The van der Waals surface area contributed by atoms with E-state index in [2.05, 4.69) is 9.97 Å². The first-order valence-electron chi connectivity index (χ1n) is 11.8. The molecule has 2 fully saturated rings. The fourth-order valence-electron chi connectivity index (χ4n) is 4.64. The Morgan fingerprint density at radius 3 is 2.53 bits per heavy atom. The van der Waals surface area contributed by atoms with Crippen LogP contribution < -0.4 is 4.74 Å². The molecule has 0 N–H and O–H groups in total. The summed E-state index contributed by atoms with van der Waals surface area (Å²) in [7, 11) is 0. The highest BCUT2D eigenvalue weighted by Gasteiger charge is 2.33. The molecule has 34 heavy (non-hydrogen) atoms. The van der Waals surface area contributed by atoms with Crippen molar-refractivity contribution in [3.05, 3.63) is 66.5 Å². The third-order valence-electron chi connectivity index (χ3n) is 6.51. The Bertz CT molecular complexity index is 1140. The van der Waals surface area contributed by atoms with Crippen LogP contribution in [-0.2, 0) is 9.53 Å². The third-order valence-corrected chi connectivity index (χ3v) is 6.51. The molecule has 8 nitrogen and oxygen atoms in total. The highest BCUT2D eigenvalue weighted by atomic mass is 16.5. The first-order valence-corrected chi connectivity index (χ1v) is 11.8. The molecule has 176 valence electrons. The van der Waals surface area contributed by atoms with Crippen LogP contribution in [0.5, 0.6) is 5.88 Å². The van der Waals surface area contributed by atoms with Crippen LogP contribution in [0.15, 0.2) is 60.9 Å². The molecule has 2 aliphatic rings. The Morgan fingerprint density at radius 1 is 0.941 bits per heavy atom. The van der Waals surface area contributed by atoms with Gasteiger partial charge in [-0.25, -0.2) is 9.97 Å². The van der Waals surface area contributed by atoms with Crippen LogP contribution in [0.25, 0.3) is 10.9 Å². The van der Waals surface area contributed by atoms with Crippen LogP contribution in [0.4, 0.5) is 0 Å². The lowest BCUT2D eigenvalue weighted by Crippen LogP contribution is -2.51. The monoisotopic (exact) mass is 460 g/mol. The van der Waals surface area contributed by atoms with Crippen molar-refractivity contribution in [2.45, 2.75) is 18.9 Å². The van der Waals surface area contributed by atoms with Crippen LogP contribution in [-0.4, -0.2) is 77.1 Å². The molecule has 5 rings (SSSR count). The molecule has 2 amide bonds. The molecule has 3 heterocycles. The van der Waals surface area contributed by atoms with E-state index < -0.39 is 0 Å². The first kappa shape index (κ1) is 22.3. The number of morpholine rings is 1. The SMILES string of the molecule is O=C(c1ccccc1)N1CCC(C(=O)N2CCOC(COc3ncnc4ccccc34)C2)CC1. The molecule has 8 heteroatoms. The standard InChI is InChI=1S/C26H28N4O4/c31-25(19-6-2-1-3-7-19)29-12-10-20(11-13-29)26(32)30-14-15-33-21(16-30)17-34-24-22-8-4-5-9-23(22)27-18-28-24/h1-9,18,20-21H,10-17H2. The van der Waals surface area contributed by atoms with Gasteiger partial charge in [0.1, 0.15) is 19.0 Å². The Kier molecular flexibility index (Phi) is 6.67. The molecular formula is C26H28N4O4. The van der Waals surface area contributed by atoms with Crippen molar-refractivity contribution in [1.82, 2.24) is 19.8 Å². The maximum absolute atomic E-state index is 13.2. The minimum Gasteiger partial charge on any atom is -0.474 e. The van der Waals surface area contributed by atoms with Gasteiger partial charge in [-0.2, -0.15) is 0 Å². The van der Waals surface area contributed by atoms with Gasteiger partial charge in [0.05, 0.1) is 24.1 Å². The van der Waals surface area contributed by atoms with E-state index in [1.54, 1.807) is 0 Å². The van der Waals surface area contributed by atoms with E-state index in [0.29, 0.717) is 63.7 Å². The number of piperidine rings is 1. The first-order chi connectivity index (χ1) is 16.7. The molecule has 0 saturated carbocycles. The maximum atomic E-state index is 13.2. The number of rotatable bonds is 5. The van der Waals surface area contributed by atoms with E-state index >= 15 is 0 Å². The van der Waals surface area contributed by atoms with Gasteiger partial charge in [0.15, 0.2) is 0 Å². The van der Waals surface area contributed by atoms with E-state index in [4.69, 9.17) is 9.47 Å². The molecule has 0 radical (unpaired) electrons. The second-order valence-electron chi connectivity index (χ2n) is 8.72. The highest BCUT2D eigenvalue weighted by molar-refractivity contribution is 5.94. The van der Waals surface area contributed by atoms with E-state index in [9.17, 15) is 9.59 Å². The molecule has 2 aliphatic heterocycles. The number of aromatic nitrogens is 2. The predicted molar refractivity (Wildman–Crippen MR) is 126 cm³/mol. The highest BCUT2D eigenvalue weighted by Crippen LogP contribution is 2.24. The summed E-state index contributed by atoms with van der Waals surface area (Å²) < 4.78 is 11.8. The number of carbonyl (C=O) groups is 2. The summed E-state index contributed by atoms with van der Waals surface area (Å²) in [4.78, 5) is 38.1. The van der Waals surface area contributed by atoms with Gasteiger partial charge in [0.25, 0.3) is 5.91 Å². The fraction of sp³-hybridized carbons (Fsp3) is 0.385. The zero-order valence-electron chi connectivity index (χ0n) is 19.0. The number of benzene rings is 2. The van der Waals surface area contributed by atoms with E-state index in [1.165, 1.54) is 6.33 Å². The summed E-state index contributed by atoms with van der Waals surface area (Å²) in [6.45, 7) is 3.06. The van der Waals surface area contributed by atoms with Gasteiger partial charge in [-0.15, -0.1) is 0 Å². The zero-order chi connectivity index (χ0) is 23.3. The summed E-state index contributed by atoms with van der Waals surface area (Å²) in [5, 5.41) is 0.852. The van der Waals surface area contributed by atoms with Crippen molar-refractivity contribution < 1.29 is 19.1 Å². The molecule has 1 aromatic heterocycles. The lowest BCUT2D eigenvalue weighted by molar-refractivity contribution is -0.145. The van der Waals surface area contributed by atoms with Crippen LogP contribution in [0.2, 0.25) is 0 Å². The van der Waals surface area contributed by atoms with Crippen LogP contribution in [0.3, 0.4) is 0 Å². The molecule has 2 saturated heterocycles. The Labute approximate surface area is 198 Å². The third kappa shape index (κ3) is 4.87. The van der Waals surface area contributed by atoms with Crippen LogP contribution in [0, 0.1) is 5.92 Å². The molecular weight excluding hydrogens is 432 g/mol. The molecule has 0 bridgehead atoms. The molecule has 1 unspecified atom stereocenters. The quantitative estimate of drug-likeness (QED) is 0.582. The zero-order valence-corrected chi connectivity index (χ0v) is 19.0. The second-order valence-corrected chi connectivity index (χ2v) is 8.72. The van der Waals surface area contributed by atoms with Crippen LogP contribution >= 0.6 is 0 Å². The van der Waals surface area contributed by atoms with Crippen molar-refractivity contribution in [3.8, 4) is 5.88 Å². The Balaban J connectivity index is 1.14. The van der Waals surface area contributed by atoms with E-state index in [-0.39, 0.29) is 23.8 Å². The van der Waals surface area contributed by atoms with Crippen molar-refractivity contribution in [3.63, 3.8) is 0 Å². The average Bonchev–Trinajstić information content (AvgIpc) is 2.92. The van der Waals surface area contributed by atoms with Gasteiger partial charge < -0.3 is 19.3 Å². The predicted octanol–water partition coefficient (Wildman–Crippen LogP) is 2.79. The molecule has 0 aliphatic carbocycles. The van der Waals surface area contributed by atoms with Crippen molar-refractivity contribution in [2.24, 2.45) is 5.92 Å². The molecule has 3 aromatic rings. The summed E-state index contributed by atoms with van der Waals surface area (Å²) in [6, 6.07) is 17.0. The summed E-state index contributed by atoms with van der Waals surface area (Å²) >= 11 is 0. The lowest BCUT2D eigenvalue weighted by atomic mass is 9.94. The molecule has 2 aromatic carbocycles. The number of hydrogen-bond donors (Lipinski definition) is 0. The maximum Gasteiger partial charge on any atom is 0.253 e. The van der Waals surface area contributed by atoms with Crippen molar-refractivity contribution in [1.29, 1.82) is 0 Å². The van der Waals surface area contributed by atoms with Gasteiger partial charge in [0, 0.05) is 31.1 Å². The Morgan fingerprint density at radius 2 is 1.71 bits per heavy atom. The van der Waals surface area contributed by atoms with Crippen molar-refractivity contribution in [2.75, 3.05) is 39.4 Å². The summed E-state index contributed by atoms with van der Waals surface area (Å²) in [5.74, 6) is 0.637. The Hall–Kier alpha value is -3.52. The number of ether oxygens (including phenoxy) is 2. The molecule has 0 spiro atoms. The average molecular weight is 461 g/mol. The summed E-state index contributed by atoms with van der Waals surface area (Å²) in [5.41, 5.74) is 1.52. The largest absolute Gasteiger partial charge is 0.474 e. The van der Waals surface area contributed by atoms with E-state index in [0.717, 1.165) is 10.9 Å². The number of hydrogen-bond acceptors (Lipinski definition) is 6. The van der Waals surface area contributed by atoms with Gasteiger partial charge in [-0.1, -0.05) is 30.3 Å². The van der Waals surface area contributed by atoms with Gasteiger partial charge in [0.2, 0.25) is 11.8 Å². The smallest absolute Gasteiger partial charge is 0.253 e.